The van der Waals surface area contributed by atoms with E-state index in [1.54, 1.807) is 11.3 Å². The standard InChI is InChI=1S/C19H27N5OS/c1-15-16(2)26-18(22-15)6-9-21-19(25)24-11-3-10-23(12-13-24)14-17-4-7-20-8-5-17/h4-5,7-8H,3,6,9-14H2,1-2H3,(H,21,25). The minimum atomic E-state index is 0.0424. The van der Waals surface area contributed by atoms with Crippen LogP contribution in [0.3, 0.4) is 0 Å². The first-order valence-electron chi connectivity index (χ1n) is 9.19. The van der Waals surface area contributed by atoms with Gasteiger partial charge in [-0.3, -0.25) is 9.88 Å². The highest BCUT2D eigenvalue weighted by molar-refractivity contribution is 7.11. The van der Waals surface area contributed by atoms with Crippen molar-refractivity contribution in [2.45, 2.75) is 33.2 Å². The number of carbonyl (C=O) groups is 1. The second-order valence-electron chi connectivity index (χ2n) is 6.70. The summed E-state index contributed by atoms with van der Waals surface area (Å²) < 4.78 is 0. The zero-order valence-corrected chi connectivity index (χ0v) is 16.4. The van der Waals surface area contributed by atoms with E-state index < -0.39 is 0 Å². The van der Waals surface area contributed by atoms with Crippen molar-refractivity contribution in [2.75, 3.05) is 32.7 Å². The normalized spacial score (nSPS) is 15.7. The summed E-state index contributed by atoms with van der Waals surface area (Å²) in [6.45, 7) is 9.18. The second-order valence-corrected chi connectivity index (χ2v) is 7.99. The molecule has 7 heteroatoms. The molecule has 26 heavy (non-hydrogen) atoms. The number of aryl methyl sites for hydroxylation is 2. The molecule has 1 aliphatic heterocycles. The van der Waals surface area contributed by atoms with Crippen molar-refractivity contribution < 1.29 is 4.79 Å². The van der Waals surface area contributed by atoms with E-state index >= 15 is 0 Å². The van der Waals surface area contributed by atoms with Gasteiger partial charge in [-0.05, 0) is 38.0 Å². The summed E-state index contributed by atoms with van der Waals surface area (Å²) in [6, 6.07) is 4.15. The summed E-state index contributed by atoms with van der Waals surface area (Å²) in [5, 5.41) is 4.15. The van der Waals surface area contributed by atoms with Crippen LogP contribution in [-0.2, 0) is 13.0 Å². The Balaban J connectivity index is 1.42. The highest BCUT2D eigenvalue weighted by atomic mass is 32.1. The number of hydrogen-bond donors (Lipinski definition) is 1. The number of hydrogen-bond acceptors (Lipinski definition) is 5. The molecule has 0 saturated carbocycles. The second kappa shape index (κ2) is 9.09. The van der Waals surface area contributed by atoms with Gasteiger partial charge < -0.3 is 10.2 Å². The van der Waals surface area contributed by atoms with E-state index in [1.165, 1.54) is 10.4 Å². The lowest BCUT2D eigenvalue weighted by Gasteiger charge is -2.22. The van der Waals surface area contributed by atoms with Crippen LogP contribution in [0.5, 0.6) is 0 Å². The van der Waals surface area contributed by atoms with Crippen molar-refractivity contribution in [1.82, 2.24) is 25.1 Å². The van der Waals surface area contributed by atoms with Gasteiger partial charge in [0.1, 0.15) is 0 Å². The number of pyridine rings is 1. The number of carbonyl (C=O) groups excluding carboxylic acids is 1. The van der Waals surface area contributed by atoms with Gasteiger partial charge in [0.15, 0.2) is 0 Å². The Morgan fingerprint density at radius 2 is 2.00 bits per heavy atom. The molecule has 0 aromatic carbocycles. The predicted molar refractivity (Wildman–Crippen MR) is 104 cm³/mol. The van der Waals surface area contributed by atoms with E-state index in [1.807, 2.05) is 24.2 Å². The number of thiazole rings is 1. The van der Waals surface area contributed by atoms with Crippen LogP contribution in [0.25, 0.3) is 0 Å². The highest BCUT2D eigenvalue weighted by Gasteiger charge is 2.19. The van der Waals surface area contributed by atoms with Gasteiger partial charge in [0.05, 0.1) is 10.7 Å². The maximum atomic E-state index is 12.4. The van der Waals surface area contributed by atoms with Gasteiger partial charge in [0, 0.05) is 63.0 Å². The third kappa shape index (κ3) is 5.25. The fourth-order valence-electron chi connectivity index (χ4n) is 3.11. The maximum absolute atomic E-state index is 12.4. The van der Waals surface area contributed by atoms with Crippen molar-refractivity contribution in [3.63, 3.8) is 0 Å². The van der Waals surface area contributed by atoms with Crippen molar-refractivity contribution >= 4 is 17.4 Å². The molecule has 0 bridgehead atoms. The van der Waals surface area contributed by atoms with E-state index in [2.05, 4.69) is 39.2 Å². The SMILES string of the molecule is Cc1nc(CCNC(=O)N2CCCN(Cc3ccncc3)CC2)sc1C. The number of amides is 2. The number of nitrogens with one attached hydrogen (secondary N) is 1. The molecule has 1 aliphatic rings. The quantitative estimate of drug-likeness (QED) is 0.875. The summed E-state index contributed by atoms with van der Waals surface area (Å²) >= 11 is 1.72. The Hall–Kier alpha value is -1.99. The van der Waals surface area contributed by atoms with Crippen molar-refractivity contribution in [3.05, 3.63) is 45.7 Å². The summed E-state index contributed by atoms with van der Waals surface area (Å²) in [5.74, 6) is 0. The minimum absolute atomic E-state index is 0.0424. The molecule has 0 atom stereocenters. The molecular formula is C19H27N5OS. The molecule has 3 rings (SSSR count). The molecule has 2 aromatic rings. The van der Waals surface area contributed by atoms with Crippen LogP contribution in [0.15, 0.2) is 24.5 Å². The molecule has 1 fully saturated rings. The van der Waals surface area contributed by atoms with E-state index in [0.29, 0.717) is 6.54 Å². The molecule has 3 heterocycles. The Bertz CT molecular complexity index is 698. The van der Waals surface area contributed by atoms with Gasteiger partial charge in [-0.2, -0.15) is 0 Å². The average molecular weight is 374 g/mol. The number of aromatic nitrogens is 2. The first-order chi connectivity index (χ1) is 12.6. The van der Waals surface area contributed by atoms with E-state index in [9.17, 15) is 4.79 Å². The molecule has 0 radical (unpaired) electrons. The fraction of sp³-hybridized carbons (Fsp3) is 0.526. The van der Waals surface area contributed by atoms with Crippen LogP contribution in [0.4, 0.5) is 4.79 Å². The molecule has 6 nitrogen and oxygen atoms in total. The summed E-state index contributed by atoms with van der Waals surface area (Å²) in [4.78, 5) is 26.6. The van der Waals surface area contributed by atoms with Crippen LogP contribution in [0, 0.1) is 13.8 Å². The van der Waals surface area contributed by atoms with Gasteiger partial charge in [0.25, 0.3) is 0 Å². The molecule has 0 unspecified atom stereocenters. The molecule has 2 amide bonds. The lowest BCUT2D eigenvalue weighted by molar-refractivity contribution is 0.198. The van der Waals surface area contributed by atoms with Crippen molar-refractivity contribution in [1.29, 1.82) is 0 Å². The fourth-order valence-corrected chi connectivity index (χ4v) is 4.05. The third-order valence-corrected chi connectivity index (χ3v) is 5.85. The smallest absolute Gasteiger partial charge is 0.317 e. The van der Waals surface area contributed by atoms with Crippen molar-refractivity contribution in [3.8, 4) is 0 Å². The lowest BCUT2D eigenvalue weighted by Crippen LogP contribution is -2.42. The van der Waals surface area contributed by atoms with E-state index in [4.69, 9.17) is 0 Å². The van der Waals surface area contributed by atoms with E-state index in [-0.39, 0.29) is 6.03 Å². The zero-order chi connectivity index (χ0) is 18.4. The number of nitrogens with zero attached hydrogens (tertiary/aromatic N) is 4. The Morgan fingerprint density at radius 3 is 2.73 bits per heavy atom. The van der Waals surface area contributed by atoms with Crippen LogP contribution in [0.1, 0.15) is 27.6 Å². The highest BCUT2D eigenvalue weighted by Crippen LogP contribution is 2.16. The maximum Gasteiger partial charge on any atom is 0.317 e. The monoisotopic (exact) mass is 373 g/mol. The van der Waals surface area contributed by atoms with E-state index in [0.717, 1.165) is 56.3 Å². The lowest BCUT2D eigenvalue weighted by atomic mass is 10.2. The van der Waals surface area contributed by atoms with Crippen LogP contribution in [0.2, 0.25) is 0 Å². The van der Waals surface area contributed by atoms with Gasteiger partial charge in [0.2, 0.25) is 0 Å². The summed E-state index contributed by atoms with van der Waals surface area (Å²) in [7, 11) is 0. The summed E-state index contributed by atoms with van der Waals surface area (Å²) in [6.07, 6.45) is 5.47. The summed E-state index contributed by atoms with van der Waals surface area (Å²) in [5.41, 5.74) is 2.37. The predicted octanol–water partition coefficient (Wildman–Crippen LogP) is 2.61. The average Bonchev–Trinajstić information content (AvgIpc) is 2.83. The molecule has 1 saturated heterocycles. The van der Waals surface area contributed by atoms with Crippen LogP contribution < -0.4 is 5.32 Å². The third-order valence-electron chi connectivity index (χ3n) is 4.72. The molecule has 140 valence electrons. The minimum Gasteiger partial charge on any atom is -0.338 e. The largest absolute Gasteiger partial charge is 0.338 e. The van der Waals surface area contributed by atoms with Crippen LogP contribution >= 0.6 is 11.3 Å². The molecule has 0 spiro atoms. The topological polar surface area (TPSA) is 61.4 Å². The van der Waals surface area contributed by atoms with Gasteiger partial charge in [-0.15, -0.1) is 11.3 Å². The van der Waals surface area contributed by atoms with Crippen LogP contribution in [-0.4, -0.2) is 58.5 Å². The number of rotatable bonds is 5. The molecular weight excluding hydrogens is 346 g/mol. The number of urea groups is 1. The zero-order valence-electron chi connectivity index (χ0n) is 15.6. The Kier molecular flexibility index (Phi) is 6.57. The molecule has 0 aliphatic carbocycles. The molecule has 1 N–H and O–H groups in total. The van der Waals surface area contributed by atoms with Gasteiger partial charge >= 0.3 is 6.03 Å². The van der Waals surface area contributed by atoms with Gasteiger partial charge in [-0.1, -0.05) is 0 Å². The Labute approximate surface area is 159 Å². The Morgan fingerprint density at radius 1 is 1.19 bits per heavy atom. The molecule has 2 aromatic heterocycles. The van der Waals surface area contributed by atoms with Crippen molar-refractivity contribution in [2.24, 2.45) is 0 Å². The van der Waals surface area contributed by atoms with Gasteiger partial charge in [-0.25, -0.2) is 9.78 Å². The first-order valence-corrected chi connectivity index (χ1v) is 10.0. The first kappa shape index (κ1) is 18.8.